The second kappa shape index (κ2) is 10.1. The molecule has 0 spiro atoms. The van der Waals surface area contributed by atoms with Crippen molar-refractivity contribution in [3.63, 3.8) is 0 Å². The first-order chi connectivity index (χ1) is 13.8. The predicted octanol–water partition coefficient (Wildman–Crippen LogP) is 3.59. The van der Waals surface area contributed by atoms with E-state index in [0.717, 1.165) is 5.56 Å². The lowest BCUT2D eigenvalue weighted by atomic mass is 9.89. The van der Waals surface area contributed by atoms with Gasteiger partial charge < -0.3 is 16.0 Å². The molecule has 2 aromatic carbocycles. The molecule has 2 amide bonds. The summed E-state index contributed by atoms with van der Waals surface area (Å²) in [6, 6.07) is 17.8. The number of amides is 2. The minimum atomic E-state index is -0.416. The Bertz CT molecular complexity index is 847. The van der Waals surface area contributed by atoms with Gasteiger partial charge >= 0.3 is 0 Å². The quantitative estimate of drug-likeness (QED) is 0.762. The van der Waals surface area contributed by atoms with Gasteiger partial charge in [0, 0.05) is 36.5 Å². The minimum absolute atomic E-state index is 0. The van der Waals surface area contributed by atoms with Crippen LogP contribution < -0.4 is 11.1 Å². The lowest BCUT2D eigenvalue weighted by molar-refractivity contribution is -0.128. The zero-order chi connectivity index (χ0) is 21.0. The SMILES string of the molecule is CC(C)(C)C(=O)NCc1ccc(C(=O)N2C[C@@H](CN)[C@H](c3ccccc3)C2)cc1.Cl. The molecule has 30 heavy (non-hydrogen) atoms. The van der Waals surface area contributed by atoms with Gasteiger partial charge in [-0.25, -0.2) is 0 Å². The Labute approximate surface area is 185 Å². The van der Waals surface area contributed by atoms with Crippen molar-refractivity contribution in [3.8, 4) is 0 Å². The molecule has 2 atom stereocenters. The van der Waals surface area contributed by atoms with Gasteiger partial charge in [0.2, 0.25) is 5.91 Å². The van der Waals surface area contributed by atoms with Gasteiger partial charge in [-0.3, -0.25) is 9.59 Å². The van der Waals surface area contributed by atoms with Crippen LogP contribution >= 0.6 is 12.4 Å². The highest BCUT2D eigenvalue weighted by Gasteiger charge is 2.35. The van der Waals surface area contributed by atoms with Crippen molar-refractivity contribution in [3.05, 3.63) is 71.3 Å². The van der Waals surface area contributed by atoms with E-state index in [-0.39, 0.29) is 36.1 Å². The van der Waals surface area contributed by atoms with Crippen LogP contribution in [-0.2, 0) is 11.3 Å². The predicted molar refractivity (Wildman–Crippen MR) is 123 cm³/mol. The molecule has 1 heterocycles. The molecule has 5 nitrogen and oxygen atoms in total. The highest BCUT2D eigenvalue weighted by Crippen LogP contribution is 2.32. The van der Waals surface area contributed by atoms with Crippen molar-refractivity contribution in [2.75, 3.05) is 19.6 Å². The lowest BCUT2D eigenvalue weighted by Gasteiger charge is -2.18. The van der Waals surface area contributed by atoms with Crippen LogP contribution in [0.15, 0.2) is 54.6 Å². The summed E-state index contributed by atoms with van der Waals surface area (Å²) in [6.45, 7) is 8.05. The van der Waals surface area contributed by atoms with Crippen LogP contribution in [0.3, 0.4) is 0 Å². The normalized spacial score (nSPS) is 18.6. The molecule has 0 aromatic heterocycles. The molecule has 0 bridgehead atoms. The minimum Gasteiger partial charge on any atom is -0.352 e. The number of hydrogen-bond donors (Lipinski definition) is 2. The molecule has 0 radical (unpaired) electrons. The maximum atomic E-state index is 13.0. The molecule has 6 heteroatoms. The fourth-order valence-electron chi connectivity index (χ4n) is 3.75. The first-order valence-electron chi connectivity index (χ1n) is 10.2. The van der Waals surface area contributed by atoms with Crippen molar-refractivity contribution >= 4 is 24.2 Å². The second-order valence-electron chi connectivity index (χ2n) is 8.85. The number of nitrogens with two attached hydrogens (primary N) is 1. The van der Waals surface area contributed by atoms with E-state index in [2.05, 4.69) is 17.4 Å². The summed E-state index contributed by atoms with van der Waals surface area (Å²) in [6.07, 6.45) is 0. The monoisotopic (exact) mass is 429 g/mol. The van der Waals surface area contributed by atoms with Crippen molar-refractivity contribution in [1.29, 1.82) is 0 Å². The molecule has 0 unspecified atom stereocenters. The average Bonchev–Trinajstić information content (AvgIpc) is 3.16. The third-order valence-corrected chi connectivity index (χ3v) is 5.59. The van der Waals surface area contributed by atoms with Crippen LogP contribution in [0.25, 0.3) is 0 Å². The van der Waals surface area contributed by atoms with E-state index in [1.165, 1.54) is 5.56 Å². The number of benzene rings is 2. The average molecular weight is 430 g/mol. The van der Waals surface area contributed by atoms with Crippen molar-refractivity contribution in [2.24, 2.45) is 17.1 Å². The largest absolute Gasteiger partial charge is 0.352 e. The molecule has 0 saturated carbocycles. The van der Waals surface area contributed by atoms with Crippen molar-refractivity contribution in [1.82, 2.24) is 10.2 Å². The molecule has 1 saturated heterocycles. The number of likely N-dealkylation sites (tertiary alicyclic amines) is 1. The van der Waals surface area contributed by atoms with Crippen LogP contribution in [0.1, 0.15) is 48.2 Å². The van der Waals surface area contributed by atoms with Gasteiger partial charge in [0.05, 0.1) is 0 Å². The molecular formula is C24H32ClN3O2. The van der Waals surface area contributed by atoms with Crippen LogP contribution in [0.5, 0.6) is 0 Å². The van der Waals surface area contributed by atoms with E-state index >= 15 is 0 Å². The van der Waals surface area contributed by atoms with Gasteiger partial charge in [-0.05, 0) is 35.7 Å². The molecule has 1 fully saturated rings. The van der Waals surface area contributed by atoms with E-state index in [1.807, 2.05) is 68.1 Å². The summed E-state index contributed by atoms with van der Waals surface area (Å²) < 4.78 is 0. The number of nitrogens with one attached hydrogen (secondary N) is 1. The second-order valence-corrected chi connectivity index (χ2v) is 8.85. The molecule has 2 aromatic rings. The maximum Gasteiger partial charge on any atom is 0.253 e. The molecule has 1 aliphatic heterocycles. The van der Waals surface area contributed by atoms with E-state index < -0.39 is 5.41 Å². The Morgan fingerprint density at radius 1 is 1.03 bits per heavy atom. The van der Waals surface area contributed by atoms with Crippen LogP contribution in [-0.4, -0.2) is 36.3 Å². The Kier molecular flexibility index (Phi) is 8.04. The smallest absolute Gasteiger partial charge is 0.253 e. The van der Waals surface area contributed by atoms with Crippen LogP contribution in [0, 0.1) is 11.3 Å². The van der Waals surface area contributed by atoms with E-state index in [9.17, 15) is 9.59 Å². The Morgan fingerprint density at radius 2 is 1.67 bits per heavy atom. The molecule has 3 N–H and O–H groups in total. The van der Waals surface area contributed by atoms with Gasteiger partial charge in [0.15, 0.2) is 0 Å². The van der Waals surface area contributed by atoms with Gasteiger partial charge in [0.1, 0.15) is 0 Å². The summed E-state index contributed by atoms with van der Waals surface area (Å²) in [5, 5.41) is 2.93. The Hall–Kier alpha value is -2.37. The number of halogens is 1. The highest BCUT2D eigenvalue weighted by atomic mass is 35.5. The molecule has 162 valence electrons. The van der Waals surface area contributed by atoms with Crippen molar-refractivity contribution in [2.45, 2.75) is 33.2 Å². The van der Waals surface area contributed by atoms with E-state index in [4.69, 9.17) is 5.73 Å². The topological polar surface area (TPSA) is 75.4 Å². The summed E-state index contributed by atoms with van der Waals surface area (Å²) in [7, 11) is 0. The number of carbonyl (C=O) groups excluding carboxylic acids is 2. The van der Waals surface area contributed by atoms with Gasteiger partial charge in [-0.1, -0.05) is 63.2 Å². The summed E-state index contributed by atoms with van der Waals surface area (Å²) >= 11 is 0. The van der Waals surface area contributed by atoms with Gasteiger partial charge in [0.25, 0.3) is 5.91 Å². The van der Waals surface area contributed by atoms with E-state index in [1.54, 1.807) is 0 Å². The van der Waals surface area contributed by atoms with Gasteiger partial charge in [-0.15, -0.1) is 12.4 Å². The van der Waals surface area contributed by atoms with Crippen molar-refractivity contribution < 1.29 is 9.59 Å². The fourth-order valence-corrected chi connectivity index (χ4v) is 3.75. The third-order valence-electron chi connectivity index (χ3n) is 5.59. The van der Waals surface area contributed by atoms with E-state index in [0.29, 0.717) is 31.7 Å². The van der Waals surface area contributed by atoms with Gasteiger partial charge in [-0.2, -0.15) is 0 Å². The zero-order valence-corrected chi connectivity index (χ0v) is 18.7. The van der Waals surface area contributed by atoms with Crippen LogP contribution in [0.4, 0.5) is 0 Å². The number of rotatable bonds is 5. The molecule has 1 aliphatic rings. The summed E-state index contributed by atoms with van der Waals surface area (Å²) in [4.78, 5) is 26.9. The number of nitrogens with zero attached hydrogens (tertiary/aromatic N) is 1. The fraction of sp³-hybridized carbons (Fsp3) is 0.417. The third kappa shape index (κ3) is 5.61. The summed E-state index contributed by atoms with van der Waals surface area (Å²) in [5.41, 5.74) is 8.46. The lowest BCUT2D eigenvalue weighted by Crippen LogP contribution is -2.34. The summed E-state index contributed by atoms with van der Waals surface area (Å²) in [5.74, 6) is 0.590. The standard InChI is InChI=1S/C24H31N3O2.ClH/c1-24(2,3)23(29)26-14-17-9-11-19(12-10-17)22(28)27-15-20(13-25)21(16-27)18-7-5-4-6-8-18;/h4-12,20-21H,13-16,25H2,1-3H3,(H,26,29);1H/t20-,21+;/m1./s1. The Balaban J connectivity index is 0.00000320. The number of carbonyl (C=O) groups is 2. The molecule has 0 aliphatic carbocycles. The molecular weight excluding hydrogens is 398 g/mol. The highest BCUT2D eigenvalue weighted by molar-refractivity contribution is 5.94. The first kappa shape index (κ1) is 23.9. The maximum absolute atomic E-state index is 13.0. The molecule has 3 rings (SSSR count). The number of hydrogen-bond acceptors (Lipinski definition) is 3. The first-order valence-corrected chi connectivity index (χ1v) is 10.2. The zero-order valence-electron chi connectivity index (χ0n) is 17.9. The Morgan fingerprint density at radius 3 is 2.23 bits per heavy atom. The van der Waals surface area contributed by atoms with Crippen LogP contribution in [0.2, 0.25) is 0 Å².